The Balaban J connectivity index is 1.80. The van der Waals surface area contributed by atoms with Gasteiger partial charge in [0.1, 0.15) is 0 Å². The van der Waals surface area contributed by atoms with Crippen molar-refractivity contribution in [3.63, 3.8) is 0 Å². The first kappa shape index (κ1) is 16.6. The van der Waals surface area contributed by atoms with Gasteiger partial charge in [0.2, 0.25) is 0 Å². The zero-order chi connectivity index (χ0) is 17.6. The van der Waals surface area contributed by atoms with Crippen LogP contribution in [0.1, 0.15) is 45.2 Å². The molecule has 0 aliphatic carbocycles. The summed E-state index contributed by atoms with van der Waals surface area (Å²) in [5, 5.41) is 4.28. The molecule has 1 unspecified atom stereocenters. The van der Waals surface area contributed by atoms with E-state index < -0.39 is 6.04 Å². The molecule has 2 aliphatic heterocycles. The van der Waals surface area contributed by atoms with Crippen molar-refractivity contribution in [2.75, 3.05) is 6.54 Å². The van der Waals surface area contributed by atoms with Gasteiger partial charge in [-0.1, -0.05) is 41.4 Å². The first-order valence-electron chi connectivity index (χ1n) is 8.23. The van der Waals surface area contributed by atoms with Crippen molar-refractivity contribution in [1.29, 1.82) is 0 Å². The topological polar surface area (TPSA) is 49.4 Å². The fourth-order valence-corrected chi connectivity index (χ4v) is 4.01. The summed E-state index contributed by atoms with van der Waals surface area (Å²) in [6.07, 6.45) is 1.89. The minimum absolute atomic E-state index is 0.000505. The average molecular weight is 375 g/mol. The number of imide groups is 1. The fraction of sp³-hybridized carbons (Fsp3) is 0.263. The molecule has 0 aromatic heterocycles. The van der Waals surface area contributed by atoms with Gasteiger partial charge in [0.25, 0.3) is 11.8 Å². The molecule has 2 heterocycles. The van der Waals surface area contributed by atoms with Gasteiger partial charge in [0.05, 0.1) is 27.2 Å². The van der Waals surface area contributed by atoms with Crippen LogP contribution in [0.3, 0.4) is 0 Å². The molecule has 1 N–H and O–H groups in total. The van der Waals surface area contributed by atoms with Gasteiger partial charge in [-0.05, 0) is 49.2 Å². The lowest BCUT2D eigenvalue weighted by Crippen LogP contribution is -2.44. The molecule has 0 bridgehead atoms. The molecule has 2 aromatic carbocycles. The van der Waals surface area contributed by atoms with E-state index in [1.54, 1.807) is 36.4 Å². The van der Waals surface area contributed by atoms with Crippen molar-refractivity contribution in [2.45, 2.75) is 24.9 Å². The number of nitrogens with zero attached hydrogens (tertiary/aromatic N) is 1. The van der Waals surface area contributed by atoms with Crippen LogP contribution in [-0.2, 0) is 0 Å². The predicted octanol–water partition coefficient (Wildman–Crippen LogP) is 4.08. The Morgan fingerprint density at radius 1 is 1.00 bits per heavy atom. The molecule has 2 aromatic rings. The summed E-state index contributed by atoms with van der Waals surface area (Å²) >= 11 is 12.2. The van der Waals surface area contributed by atoms with E-state index in [1.807, 2.05) is 6.07 Å². The van der Waals surface area contributed by atoms with Gasteiger partial charge < -0.3 is 5.32 Å². The Kier molecular flexibility index (Phi) is 4.28. The molecule has 25 heavy (non-hydrogen) atoms. The van der Waals surface area contributed by atoms with Crippen molar-refractivity contribution in [3.8, 4) is 0 Å². The monoisotopic (exact) mass is 374 g/mol. The third-order valence-electron chi connectivity index (χ3n) is 4.87. The van der Waals surface area contributed by atoms with Gasteiger partial charge in [0.15, 0.2) is 0 Å². The van der Waals surface area contributed by atoms with E-state index in [0.717, 1.165) is 24.9 Å². The van der Waals surface area contributed by atoms with E-state index in [2.05, 4.69) is 5.32 Å². The number of benzene rings is 2. The minimum atomic E-state index is -0.412. The third-order valence-corrected chi connectivity index (χ3v) is 5.61. The molecular formula is C19H16Cl2N2O2. The van der Waals surface area contributed by atoms with Crippen LogP contribution in [0.4, 0.5) is 0 Å². The number of fused-ring (bicyclic) bond motifs is 1. The summed E-state index contributed by atoms with van der Waals surface area (Å²) < 4.78 is 0. The summed E-state index contributed by atoms with van der Waals surface area (Å²) in [6, 6.07) is 11.8. The van der Waals surface area contributed by atoms with E-state index in [1.165, 1.54) is 4.90 Å². The van der Waals surface area contributed by atoms with E-state index >= 15 is 0 Å². The van der Waals surface area contributed by atoms with Crippen molar-refractivity contribution in [1.82, 2.24) is 10.2 Å². The normalized spacial score (nSPS) is 20.9. The number of hydrogen-bond acceptors (Lipinski definition) is 3. The molecule has 2 amide bonds. The molecule has 128 valence electrons. The van der Waals surface area contributed by atoms with Crippen molar-refractivity contribution < 1.29 is 9.59 Å². The highest BCUT2D eigenvalue weighted by Crippen LogP contribution is 2.37. The van der Waals surface area contributed by atoms with E-state index in [-0.39, 0.29) is 17.9 Å². The summed E-state index contributed by atoms with van der Waals surface area (Å²) in [6.45, 7) is 0.867. The zero-order valence-corrected chi connectivity index (χ0v) is 14.8. The maximum Gasteiger partial charge on any atom is 0.262 e. The van der Waals surface area contributed by atoms with Crippen LogP contribution in [-0.4, -0.2) is 29.3 Å². The Morgan fingerprint density at radius 2 is 1.68 bits per heavy atom. The molecule has 1 fully saturated rings. The van der Waals surface area contributed by atoms with E-state index in [4.69, 9.17) is 23.2 Å². The van der Waals surface area contributed by atoms with Gasteiger partial charge in [-0.3, -0.25) is 14.5 Å². The van der Waals surface area contributed by atoms with Crippen LogP contribution >= 0.6 is 23.2 Å². The van der Waals surface area contributed by atoms with E-state index in [0.29, 0.717) is 21.2 Å². The van der Waals surface area contributed by atoms with Crippen molar-refractivity contribution in [2.24, 2.45) is 0 Å². The van der Waals surface area contributed by atoms with Crippen LogP contribution in [0, 0.1) is 0 Å². The predicted molar refractivity (Wildman–Crippen MR) is 97.2 cm³/mol. The summed E-state index contributed by atoms with van der Waals surface area (Å²) in [4.78, 5) is 27.3. The molecule has 4 rings (SSSR count). The van der Waals surface area contributed by atoms with Crippen LogP contribution in [0.15, 0.2) is 42.5 Å². The largest absolute Gasteiger partial charge is 0.312 e. The van der Waals surface area contributed by atoms with Crippen molar-refractivity contribution in [3.05, 3.63) is 69.2 Å². The molecule has 4 nitrogen and oxygen atoms in total. The first-order chi connectivity index (χ1) is 12.1. The molecule has 0 spiro atoms. The number of halogens is 2. The molecule has 6 heteroatoms. The van der Waals surface area contributed by atoms with Crippen LogP contribution in [0.5, 0.6) is 0 Å². The van der Waals surface area contributed by atoms with Gasteiger partial charge in [-0.2, -0.15) is 0 Å². The number of carbonyl (C=O) groups excluding carboxylic acids is 2. The smallest absolute Gasteiger partial charge is 0.262 e. The highest BCUT2D eigenvalue weighted by Gasteiger charge is 2.43. The number of rotatable bonds is 3. The zero-order valence-electron chi connectivity index (χ0n) is 13.3. The SMILES string of the molecule is O=C1c2ccccc2C(=O)N1[C@@H](c1ccc(Cl)c(Cl)c1)C1CCCN1. The van der Waals surface area contributed by atoms with Crippen molar-refractivity contribution >= 4 is 35.0 Å². The molecule has 2 atom stereocenters. The molecular weight excluding hydrogens is 359 g/mol. The lowest BCUT2D eigenvalue weighted by Gasteiger charge is -2.32. The van der Waals surface area contributed by atoms with Crippen LogP contribution in [0.25, 0.3) is 0 Å². The number of carbonyl (C=O) groups is 2. The van der Waals surface area contributed by atoms with Gasteiger partial charge in [-0.15, -0.1) is 0 Å². The van der Waals surface area contributed by atoms with E-state index in [9.17, 15) is 9.59 Å². The first-order valence-corrected chi connectivity index (χ1v) is 8.99. The number of nitrogens with one attached hydrogen (secondary N) is 1. The average Bonchev–Trinajstić information content (AvgIpc) is 3.22. The third kappa shape index (κ3) is 2.74. The maximum atomic E-state index is 12.9. The summed E-state index contributed by atoms with van der Waals surface area (Å²) in [5.41, 5.74) is 1.72. The van der Waals surface area contributed by atoms with Gasteiger partial charge >= 0.3 is 0 Å². The Bertz CT molecular complexity index is 827. The minimum Gasteiger partial charge on any atom is -0.312 e. The number of hydrogen-bond donors (Lipinski definition) is 1. The lowest BCUT2D eigenvalue weighted by molar-refractivity contribution is 0.0550. The Hall–Kier alpha value is -1.88. The fourth-order valence-electron chi connectivity index (χ4n) is 3.70. The van der Waals surface area contributed by atoms with Gasteiger partial charge in [-0.25, -0.2) is 0 Å². The van der Waals surface area contributed by atoms with Crippen LogP contribution in [0.2, 0.25) is 10.0 Å². The molecule has 0 radical (unpaired) electrons. The second-order valence-electron chi connectivity index (χ2n) is 6.35. The maximum absolute atomic E-state index is 12.9. The highest BCUT2D eigenvalue weighted by molar-refractivity contribution is 6.42. The lowest BCUT2D eigenvalue weighted by atomic mass is 9.96. The second kappa shape index (κ2) is 6.45. The summed E-state index contributed by atoms with van der Waals surface area (Å²) in [7, 11) is 0. The Labute approximate surface area is 155 Å². The highest BCUT2D eigenvalue weighted by atomic mass is 35.5. The second-order valence-corrected chi connectivity index (χ2v) is 7.16. The molecule has 2 aliphatic rings. The quantitative estimate of drug-likeness (QED) is 0.823. The Morgan fingerprint density at radius 3 is 2.24 bits per heavy atom. The van der Waals surface area contributed by atoms with Crippen LogP contribution < -0.4 is 5.32 Å². The molecule has 0 saturated carbocycles. The molecule has 1 saturated heterocycles. The van der Waals surface area contributed by atoms with Gasteiger partial charge in [0, 0.05) is 6.04 Å². The summed E-state index contributed by atoms with van der Waals surface area (Å²) in [5.74, 6) is -0.518. The standard InChI is InChI=1S/C19H16Cl2N2O2/c20-14-8-7-11(10-15(14)21)17(16-6-3-9-22-16)23-18(24)12-4-1-2-5-13(12)19(23)25/h1-2,4-5,7-8,10,16-17,22H,3,6,9H2/t16?,17-/m0/s1. The number of amides is 2.